The van der Waals surface area contributed by atoms with Crippen molar-refractivity contribution in [2.45, 2.75) is 12.5 Å². The first kappa shape index (κ1) is 17.8. The largest absolute Gasteiger partial charge is 0.469 e. The van der Waals surface area contributed by atoms with E-state index in [1.807, 2.05) is 0 Å². The first-order valence-electron chi connectivity index (χ1n) is 7.71. The third kappa shape index (κ3) is 3.94. The van der Waals surface area contributed by atoms with Gasteiger partial charge in [-0.1, -0.05) is 35.0 Å². The summed E-state index contributed by atoms with van der Waals surface area (Å²) in [6, 6.07) is 11.1. The number of rotatable bonds is 6. The molecule has 0 saturated heterocycles. The molecule has 1 aromatic carbocycles. The van der Waals surface area contributed by atoms with Crippen LogP contribution < -0.4 is 5.32 Å². The molecule has 0 aliphatic heterocycles. The van der Waals surface area contributed by atoms with Crippen LogP contribution in [0.1, 0.15) is 28.5 Å². The molecule has 3 aromatic rings. The molecule has 3 rings (SSSR count). The molecule has 1 atom stereocenters. The Bertz CT molecular complexity index is 904. The maximum absolute atomic E-state index is 12.5. The summed E-state index contributed by atoms with van der Waals surface area (Å²) in [5.41, 5.74) is 0.654. The van der Waals surface area contributed by atoms with E-state index >= 15 is 0 Å². The molecule has 8 heteroatoms. The molecule has 0 aliphatic carbocycles. The second kappa shape index (κ2) is 7.88. The van der Waals surface area contributed by atoms with Crippen molar-refractivity contribution in [3.8, 4) is 11.5 Å². The molecule has 1 amide bonds. The van der Waals surface area contributed by atoms with Crippen LogP contribution in [0.15, 0.2) is 57.7 Å². The molecule has 0 saturated carbocycles. The average molecular weight is 375 g/mol. The number of hydrogen-bond donors (Lipinski definition) is 1. The van der Waals surface area contributed by atoms with Crippen molar-refractivity contribution in [2.75, 3.05) is 7.11 Å². The lowest BCUT2D eigenvalue weighted by atomic mass is 10.0. The Balaban J connectivity index is 1.81. The van der Waals surface area contributed by atoms with Gasteiger partial charge in [-0.15, -0.1) is 0 Å². The lowest BCUT2D eigenvalue weighted by molar-refractivity contribution is -0.141. The summed E-state index contributed by atoms with van der Waals surface area (Å²) in [6.45, 7) is 0. The van der Waals surface area contributed by atoms with Gasteiger partial charge in [-0.25, -0.2) is 0 Å². The molecule has 0 fully saturated rings. The van der Waals surface area contributed by atoms with Crippen LogP contribution in [0.4, 0.5) is 0 Å². The van der Waals surface area contributed by atoms with Gasteiger partial charge in [-0.3, -0.25) is 9.59 Å². The Morgan fingerprint density at radius 2 is 2.04 bits per heavy atom. The van der Waals surface area contributed by atoms with Gasteiger partial charge in [-0.05, 0) is 23.8 Å². The number of nitrogens with one attached hydrogen (secondary N) is 1. The number of methoxy groups -OCH3 is 1. The van der Waals surface area contributed by atoms with Gasteiger partial charge in [0.1, 0.15) is 0 Å². The molecule has 1 N–H and O–H groups in total. The van der Waals surface area contributed by atoms with Crippen LogP contribution >= 0.6 is 11.6 Å². The van der Waals surface area contributed by atoms with E-state index < -0.39 is 17.9 Å². The van der Waals surface area contributed by atoms with Gasteiger partial charge in [0.25, 0.3) is 5.91 Å². The van der Waals surface area contributed by atoms with Gasteiger partial charge in [0.05, 0.1) is 25.8 Å². The third-order valence-corrected chi connectivity index (χ3v) is 4.04. The number of hydrogen-bond acceptors (Lipinski definition) is 6. The molecule has 1 unspecified atom stereocenters. The number of amides is 1. The van der Waals surface area contributed by atoms with Crippen LogP contribution in [0.3, 0.4) is 0 Å². The van der Waals surface area contributed by atoms with E-state index in [0.717, 1.165) is 0 Å². The van der Waals surface area contributed by atoms with Gasteiger partial charge in [0, 0.05) is 11.1 Å². The lowest BCUT2D eigenvalue weighted by Gasteiger charge is -2.18. The highest BCUT2D eigenvalue weighted by Crippen LogP contribution is 2.26. The summed E-state index contributed by atoms with van der Waals surface area (Å²) in [4.78, 5) is 24.3. The maximum Gasteiger partial charge on any atom is 0.307 e. The number of halogens is 1. The number of esters is 1. The highest BCUT2D eigenvalue weighted by atomic mass is 35.5. The van der Waals surface area contributed by atoms with Gasteiger partial charge in [0.15, 0.2) is 11.5 Å². The van der Waals surface area contributed by atoms with E-state index in [1.165, 1.54) is 19.4 Å². The highest BCUT2D eigenvalue weighted by Gasteiger charge is 2.23. The summed E-state index contributed by atoms with van der Waals surface area (Å²) in [7, 11) is 1.28. The van der Waals surface area contributed by atoms with Crippen molar-refractivity contribution in [3.05, 3.63) is 65.0 Å². The predicted octanol–water partition coefficient (Wildman–Crippen LogP) is 3.62. The predicted molar refractivity (Wildman–Crippen MR) is 92.5 cm³/mol. The standard InChI is InChI=1S/C18H15ClN2O5/c1-24-17(22)10-13(11-5-2-3-6-12(11)19)20-18(23)14-9-16(26-21-14)15-7-4-8-25-15/h2-9,13H,10H2,1H3,(H,20,23). The number of ether oxygens (including phenoxy) is 1. The number of nitrogens with zero attached hydrogens (tertiary/aromatic N) is 1. The second-order valence-corrected chi connectivity index (χ2v) is 5.79. The minimum Gasteiger partial charge on any atom is -0.469 e. The number of benzene rings is 1. The fourth-order valence-electron chi connectivity index (χ4n) is 2.40. The molecule has 2 heterocycles. The first-order chi connectivity index (χ1) is 12.6. The molecular formula is C18H15ClN2O5. The monoisotopic (exact) mass is 374 g/mol. The third-order valence-electron chi connectivity index (χ3n) is 3.69. The summed E-state index contributed by atoms with van der Waals surface area (Å²) in [5, 5.41) is 6.91. The maximum atomic E-state index is 12.5. The number of carbonyl (C=O) groups excluding carboxylic acids is 2. The Morgan fingerprint density at radius 1 is 1.23 bits per heavy atom. The van der Waals surface area contributed by atoms with E-state index in [9.17, 15) is 9.59 Å². The Kier molecular flexibility index (Phi) is 5.38. The van der Waals surface area contributed by atoms with Crippen molar-refractivity contribution < 1.29 is 23.3 Å². The van der Waals surface area contributed by atoms with Crippen molar-refractivity contribution in [3.63, 3.8) is 0 Å². The SMILES string of the molecule is COC(=O)CC(NC(=O)c1cc(-c2ccco2)on1)c1ccccc1Cl. The second-order valence-electron chi connectivity index (χ2n) is 5.38. The van der Waals surface area contributed by atoms with Gasteiger partial charge >= 0.3 is 5.97 Å². The molecule has 7 nitrogen and oxygen atoms in total. The quantitative estimate of drug-likeness (QED) is 0.662. The molecule has 134 valence electrons. The molecule has 0 aliphatic rings. The smallest absolute Gasteiger partial charge is 0.307 e. The van der Waals surface area contributed by atoms with Crippen LogP contribution in [-0.4, -0.2) is 24.1 Å². The zero-order chi connectivity index (χ0) is 18.5. The van der Waals surface area contributed by atoms with E-state index in [0.29, 0.717) is 22.1 Å². The Morgan fingerprint density at radius 3 is 2.73 bits per heavy atom. The van der Waals surface area contributed by atoms with E-state index in [-0.39, 0.29) is 12.1 Å². The van der Waals surface area contributed by atoms with Crippen LogP contribution in [0.2, 0.25) is 5.02 Å². The minimum absolute atomic E-state index is 0.0540. The van der Waals surface area contributed by atoms with Crippen LogP contribution in [-0.2, 0) is 9.53 Å². The van der Waals surface area contributed by atoms with E-state index in [4.69, 9.17) is 25.3 Å². The molecule has 0 spiro atoms. The molecule has 0 bridgehead atoms. The van der Waals surface area contributed by atoms with E-state index in [2.05, 4.69) is 10.5 Å². The van der Waals surface area contributed by atoms with Gasteiger partial charge < -0.3 is 19.0 Å². The summed E-state index contributed by atoms with van der Waals surface area (Å²) in [6.07, 6.45) is 1.41. The van der Waals surface area contributed by atoms with Crippen LogP contribution in [0.5, 0.6) is 0 Å². The van der Waals surface area contributed by atoms with Crippen molar-refractivity contribution in [1.82, 2.24) is 10.5 Å². The molecule has 26 heavy (non-hydrogen) atoms. The van der Waals surface area contributed by atoms with Crippen molar-refractivity contribution in [1.29, 1.82) is 0 Å². The van der Waals surface area contributed by atoms with Gasteiger partial charge in [0.2, 0.25) is 5.76 Å². The van der Waals surface area contributed by atoms with Crippen LogP contribution in [0, 0.1) is 0 Å². The summed E-state index contributed by atoms with van der Waals surface area (Å²) >= 11 is 6.20. The molecular weight excluding hydrogens is 360 g/mol. The number of furan rings is 1. The number of carbonyl (C=O) groups is 2. The Hall–Kier alpha value is -3.06. The fourth-order valence-corrected chi connectivity index (χ4v) is 2.66. The highest BCUT2D eigenvalue weighted by molar-refractivity contribution is 6.31. The minimum atomic E-state index is -0.674. The summed E-state index contributed by atoms with van der Waals surface area (Å²) < 4.78 is 15.0. The Labute approximate surface area is 153 Å². The average Bonchev–Trinajstić information content (AvgIpc) is 3.32. The first-order valence-corrected chi connectivity index (χ1v) is 8.09. The van der Waals surface area contributed by atoms with Crippen molar-refractivity contribution >= 4 is 23.5 Å². The normalized spacial score (nSPS) is 11.8. The van der Waals surface area contributed by atoms with E-state index in [1.54, 1.807) is 36.4 Å². The lowest BCUT2D eigenvalue weighted by Crippen LogP contribution is -2.30. The topological polar surface area (TPSA) is 94.6 Å². The van der Waals surface area contributed by atoms with Crippen LogP contribution in [0.25, 0.3) is 11.5 Å². The molecule has 0 radical (unpaired) electrons. The number of aromatic nitrogens is 1. The summed E-state index contributed by atoms with van der Waals surface area (Å²) in [5.74, 6) is -0.219. The van der Waals surface area contributed by atoms with Gasteiger partial charge in [-0.2, -0.15) is 0 Å². The fraction of sp³-hybridized carbons (Fsp3) is 0.167. The molecule has 2 aromatic heterocycles. The van der Waals surface area contributed by atoms with Crippen molar-refractivity contribution in [2.24, 2.45) is 0 Å². The zero-order valence-corrected chi connectivity index (χ0v) is 14.5. The zero-order valence-electron chi connectivity index (χ0n) is 13.8.